The van der Waals surface area contributed by atoms with Crippen LogP contribution >= 0.6 is 0 Å². The Labute approximate surface area is 95.0 Å². The normalized spacial score (nSPS) is 11.2. The van der Waals surface area contributed by atoms with Crippen molar-refractivity contribution in [1.29, 1.82) is 0 Å². The predicted octanol–water partition coefficient (Wildman–Crippen LogP) is 2.30. The highest BCUT2D eigenvalue weighted by atomic mass is 16.3. The molecule has 2 N–H and O–H groups in total. The van der Waals surface area contributed by atoms with Crippen molar-refractivity contribution in [3.05, 3.63) is 29.8 Å². The molecular weight excluding hydrogens is 204 g/mol. The highest BCUT2D eigenvalue weighted by molar-refractivity contribution is 5.95. The van der Waals surface area contributed by atoms with Gasteiger partial charge in [0.1, 0.15) is 5.75 Å². The molecule has 4 nitrogen and oxygen atoms in total. The third-order valence-electron chi connectivity index (χ3n) is 2.09. The first kappa shape index (κ1) is 12.2. The minimum absolute atomic E-state index is 0.141. The van der Waals surface area contributed by atoms with E-state index in [1.54, 1.807) is 12.1 Å². The van der Waals surface area contributed by atoms with Crippen LogP contribution in [0.25, 0.3) is 0 Å². The van der Waals surface area contributed by atoms with Crippen molar-refractivity contribution in [2.45, 2.75) is 26.7 Å². The molecule has 0 atom stereocenters. The highest BCUT2D eigenvalue weighted by Crippen LogP contribution is 2.09. The van der Waals surface area contributed by atoms with Crippen molar-refractivity contribution in [3.63, 3.8) is 0 Å². The van der Waals surface area contributed by atoms with Gasteiger partial charge in [-0.25, -0.2) is 5.43 Å². The van der Waals surface area contributed by atoms with Gasteiger partial charge in [0.25, 0.3) is 5.91 Å². The lowest BCUT2D eigenvalue weighted by molar-refractivity contribution is 0.0954. The Morgan fingerprint density at radius 1 is 1.38 bits per heavy atom. The molecule has 0 bridgehead atoms. The van der Waals surface area contributed by atoms with Gasteiger partial charge in [0, 0.05) is 11.3 Å². The zero-order valence-electron chi connectivity index (χ0n) is 9.53. The van der Waals surface area contributed by atoms with Crippen molar-refractivity contribution in [2.75, 3.05) is 0 Å². The number of amides is 1. The molecule has 16 heavy (non-hydrogen) atoms. The van der Waals surface area contributed by atoms with Crippen LogP contribution in [0.4, 0.5) is 0 Å². The van der Waals surface area contributed by atoms with E-state index in [1.165, 1.54) is 12.1 Å². The van der Waals surface area contributed by atoms with Gasteiger partial charge in [-0.3, -0.25) is 4.79 Å². The number of aromatic hydroxyl groups is 1. The summed E-state index contributed by atoms with van der Waals surface area (Å²) in [6.07, 6.45) is 1.88. The van der Waals surface area contributed by atoms with Gasteiger partial charge in [-0.05, 0) is 37.6 Å². The molecule has 86 valence electrons. The SMILES string of the molecule is CCCC(C)=NNC(=O)c1ccc(O)cc1. The Morgan fingerprint density at radius 3 is 2.56 bits per heavy atom. The number of phenolic OH excluding ortho intramolecular Hbond substituents is 1. The van der Waals surface area contributed by atoms with Gasteiger partial charge in [0.15, 0.2) is 0 Å². The second-order valence-corrected chi connectivity index (χ2v) is 3.58. The summed E-state index contributed by atoms with van der Waals surface area (Å²) < 4.78 is 0. The molecule has 0 fully saturated rings. The Hall–Kier alpha value is -1.84. The number of hydrogen-bond donors (Lipinski definition) is 2. The molecule has 0 radical (unpaired) electrons. The van der Waals surface area contributed by atoms with Crippen molar-refractivity contribution in [1.82, 2.24) is 5.43 Å². The number of hydrazone groups is 1. The number of carbonyl (C=O) groups is 1. The van der Waals surface area contributed by atoms with Crippen LogP contribution in [-0.2, 0) is 0 Å². The van der Waals surface area contributed by atoms with Crippen LogP contribution in [0.3, 0.4) is 0 Å². The molecule has 0 spiro atoms. The van der Waals surface area contributed by atoms with Crippen LogP contribution in [-0.4, -0.2) is 16.7 Å². The molecular formula is C12H16N2O2. The lowest BCUT2D eigenvalue weighted by Gasteiger charge is -2.01. The Kier molecular flexibility index (Phi) is 4.51. The second kappa shape index (κ2) is 5.90. The number of nitrogens with one attached hydrogen (secondary N) is 1. The van der Waals surface area contributed by atoms with Gasteiger partial charge in [-0.1, -0.05) is 13.3 Å². The first-order chi connectivity index (χ1) is 7.63. The van der Waals surface area contributed by atoms with Gasteiger partial charge >= 0.3 is 0 Å². The van der Waals surface area contributed by atoms with E-state index < -0.39 is 0 Å². The standard InChI is InChI=1S/C12H16N2O2/c1-3-4-9(2)13-14-12(16)10-5-7-11(15)8-6-10/h5-8,15H,3-4H2,1-2H3,(H,14,16). The quantitative estimate of drug-likeness (QED) is 0.604. The van der Waals surface area contributed by atoms with Crippen LogP contribution in [0.5, 0.6) is 5.75 Å². The van der Waals surface area contributed by atoms with E-state index in [0.29, 0.717) is 5.56 Å². The van der Waals surface area contributed by atoms with Crippen molar-refractivity contribution in [2.24, 2.45) is 5.10 Å². The van der Waals surface area contributed by atoms with Gasteiger partial charge in [0.05, 0.1) is 0 Å². The van der Waals surface area contributed by atoms with E-state index in [9.17, 15) is 4.79 Å². The highest BCUT2D eigenvalue weighted by Gasteiger charge is 2.03. The summed E-state index contributed by atoms with van der Waals surface area (Å²) in [6.45, 7) is 3.93. The number of nitrogens with zero attached hydrogens (tertiary/aromatic N) is 1. The third kappa shape index (κ3) is 3.73. The molecule has 1 rings (SSSR count). The maximum atomic E-state index is 11.6. The van der Waals surface area contributed by atoms with Crippen LogP contribution in [0.1, 0.15) is 37.0 Å². The van der Waals surface area contributed by atoms with Crippen LogP contribution in [0.2, 0.25) is 0 Å². The lowest BCUT2D eigenvalue weighted by atomic mass is 10.2. The smallest absolute Gasteiger partial charge is 0.271 e. The van der Waals surface area contributed by atoms with Gasteiger partial charge in [-0.2, -0.15) is 5.10 Å². The van der Waals surface area contributed by atoms with Crippen LogP contribution < -0.4 is 5.43 Å². The molecule has 0 aliphatic carbocycles. The van der Waals surface area contributed by atoms with E-state index >= 15 is 0 Å². The van der Waals surface area contributed by atoms with E-state index in [1.807, 2.05) is 6.92 Å². The first-order valence-corrected chi connectivity index (χ1v) is 5.26. The minimum Gasteiger partial charge on any atom is -0.508 e. The minimum atomic E-state index is -0.268. The zero-order chi connectivity index (χ0) is 12.0. The molecule has 0 unspecified atom stereocenters. The van der Waals surface area contributed by atoms with E-state index in [0.717, 1.165) is 18.6 Å². The number of benzene rings is 1. The summed E-state index contributed by atoms with van der Waals surface area (Å²) in [5.74, 6) is -0.127. The maximum absolute atomic E-state index is 11.6. The fourth-order valence-electron chi connectivity index (χ4n) is 1.24. The number of rotatable bonds is 4. The van der Waals surface area contributed by atoms with Gasteiger partial charge < -0.3 is 5.11 Å². The van der Waals surface area contributed by atoms with Crippen molar-refractivity contribution < 1.29 is 9.90 Å². The predicted molar refractivity (Wildman–Crippen MR) is 63.6 cm³/mol. The van der Waals surface area contributed by atoms with E-state index in [4.69, 9.17) is 5.11 Å². The molecule has 0 heterocycles. The second-order valence-electron chi connectivity index (χ2n) is 3.58. The molecule has 0 saturated heterocycles. The molecule has 0 saturated carbocycles. The fraction of sp³-hybridized carbons (Fsp3) is 0.333. The summed E-state index contributed by atoms with van der Waals surface area (Å²) in [7, 11) is 0. The average Bonchev–Trinajstić information content (AvgIpc) is 2.27. The molecule has 1 aromatic rings. The van der Waals surface area contributed by atoms with Gasteiger partial charge in [0.2, 0.25) is 0 Å². The Morgan fingerprint density at radius 2 is 2.00 bits per heavy atom. The first-order valence-electron chi connectivity index (χ1n) is 5.26. The molecule has 1 amide bonds. The summed E-state index contributed by atoms with van der Waals surface area (Å²) >= 11 is 0. The number of hydrogen-bond acceptors (Lipinski definition) is 3. The molecule has 0 aromatic heterocycles. The molecule has 4 heteroatoms. The van der Waals surface area contributed by atoms with E-state index in [2.05, 4.69) is 17.5 Å². The Bertz CT molecular complexity index is 383. The summed E-state index contributed by atoms with van der Waals surface area (Å²) in [5, 5.41) is 13.0. The van der Waals surface area contributed by atoms with Gasteiger partial charge in [-0.15, -0.1) is 0 Å². The summed E-state index contributed by atoms with van der Waals surface area (Å²) in [4.78, 5) is 11.6. The number of phenols is 1. The summed E-state index contributed by atoms with van der Waals surface area (Å²) in [5.41, 5.74) is 3.85. The van der Waals surface area contributed by atoms with E-state index in [-0.39, 0.29) is 11.7 Å². The molecule has 0 aliphatic heterocycles. The summed E-state index contributed by atoms with van der Waals surface area (Å²) in [6, 6.07) is 6.04. The van der Waals surface area contributed by atoms with Crippen molar-refractivity contribution in [3.8, 4) is 5.75 Å². The van der Waals surface area contributed by atoms with Crippen LogP contribution in [0, 0.1) is 0 Å². The fourth-order valence-corrected chi connectivity index (χ4v) is 1.24. The number of carbonyl (C=O) groups excluding carboxylic acids is 1. The van der Waals surface area contributed by atoms with Crippen LogP contribution in [0.15, 0.2) is 29.4 Å². The largest absolute Gasteiger partial charge is 0.508 e. The maximum Gasteiger partial charge on any atom is 0.271 e. The van der Waals surface area contributed by atoms with Crippen molar-refractivity contribution >= 4 is 11.6 Å². The topological polar surface area (TPSA) is 61.7 Å². The Balaban J connectivity index is 2.59. The third-order valence-corrected chi connectivity index (χ3v) is 2.09. The zero-order valence-corrected chi connectivity index (χ0v) is 9.53. The monoisotopic (exact) mass is 220 g/mol. The molecule has 0 aliphatic rings. The molecule has 1 aromatic carbocycles. The average molecular weight is 220 g/mol. The lowest BCUT2D eigenvalue weighted by Crippen LogP contribution is -2.18.